The molecule has 0 aliphatic heterocycles. The minimum atomic E-state index is -1.35. The first-order chi connectivity index (χ1) is 18.1. The van der Waals surface area contributed by atoms with E-state index >= 15 is 4.39 Å². The summed E-state index contributed by atoms with van der Waals surface area (Å²) < 4.78 is 45.7. The number of benzene rings is 2. The smallest absolute Gasteiger partial charge is 0.308 e. The second kappa shape index (κ2) is 11.5. The minimum Gasteiger partial charge on any atom is -0.486 e. The zero-order valence-electron chi connectivity index (χ0n) is 22.1. The van der Waals surface area contributed by atoms with Crippen molar-refractivity contribution in [3.05, 3.63) is 77.0 Å². The van der Waals surface area contributed by atoms with Crippen LogP contribution in [0.15, 0.2) is 48.7 Å². The lowest BCUT2D eigenvalue weighted by atomic mass is 9.75. The molecule has 2 atom stereocenters. The molecule has 38 heavy (non-hydrogen) atoms. The van der Waals surface area contributed by atoms with Gasteiger partial charge in [-0.05, 0) is 46.9 Å². The Morgan fingerprint density at radius 1 is 1.16 bits per heavy atom. The fraction of sp³-hybridized carbons (Fsp3) is 0.400. The Balaban J connectivity index is 1.65. The van der Waals surface area contributed by atoms with Gasteiger partial charge in [0.15, 0.2) is 11.6 Å². The fourth-order valence-corrected chi connectivity index (χ4v) is 5.29. The second-order valence-corrected chi connectivity index (χ2v) is 10.3. The maximum atomic E-state index is 15.1. The van der Waals surface area contributed by atoms with Crippen LogP contribution in [0.1, 0.15) is 68.2 Å². The molecule has 8 heteroatoms. The summed E-state index contributed by atoms with van der Waals surface area (Å²) in [6, 6.07) is 11.7. The molecule has 0 spiro atoms. The van der Waals surface area contributed by atoms with E-state index in [0.717, 1.165) is 36.0 Å². The van der Waals surface area contributed by atoms with Gasteiger partial charge in [-0.3, -0.25) is 4.79 Å². The summed E-state index contributed by atoms with van der Waals surface area (Å²) in [4.78, 5) is 15.5. The molecule has 1 heterocycles. The lowest BCUT2D eigenvalue weighted by Gasteiger charge is -2.30. The van der Waals surface area contributed by atoms with Crippen molar-refractivity contribution >= 4 is 5.97 Å². The van der Waals surface area contributed by atoms with Crippen molar-refractivity contribution < 1.29 is 32.9 Å². The van der Waals surface area contributed by atoms with Gasteiger partial charge in [0.1, 0.15) is 12.4 Å². The van der Waals surface area contributed by atoms with Gasteiger partial charge >= 0.3 is 5.97 Å². The number of hydrogen-bond acceptors (Lipinski definition) is 6. The van der Waals surface area contributed by atoms with Gasteiger partial charge in [-0.1, -0.05) is 50.6 Å². The molecule has 1 aliphatic rings. The third-order valence-electron chi connectivity index (χ3n) is 7.41. The zero-order chi connectivity index (χ0) is 27.4. The van der Waals surface area contributed by atoms with E-state index in [-0.39, 0.29) is 35.7 Å². The number of aliphatic hydroxyl groups is 1. The molecular weight excluding hydrogens is 492 g/mol. The number of esters is 1. The number of aliphatic hydroxyl groups excluding tert-OH is 1. The Bertz CT molecular complexity index is 1310. The predicted octanol–water partition coefficient (Wildman–Crippen LogP) is 6.50. The van der Waals surface area contributed by atoms with Crippen LogP contribution in [0, 0.1) is 17.0 Å². The zero-order valence-corrected chi connectivity index (χ0v) is 22.1. The molecule has 1 N–H and O–H groups in total. The van der Waals surface area contributed by atoms with Crippen molar-refractivity contribution in [2.75, 3.05) is 14.2 Å². The average molecular weight is 526 g/mol. The minimum absolute atomic E-state index is 0.0258. The number of ether oxygens (including phenoxy) is 3. The fourth-order valence-electron chi connectivity index (χ4n) is 5.29. The van der Waals surface area contributed by atoms with Crippen molar-refractivity contribution in [1.82, 2.24) is 4.98 Å². The maximum absolute atomic E-state index is 15.1. The van der Waals surface area contributed by atoms with Crippen LogP contribution in [0.25, 0.3) is 11.1 Å². The highest BCUT2D eigenvalue weighted by molar-refractivity contribution is 5.71. The molecule has 0 amide bonds. The lowest BCUT2D eigenvalue weighted by Crippen LogP contribution is -2.17. The molecule has 1 aromatic heterocycles. The third-order valence-corrected chi connectivity index (χ3v) is 7.41. The molecule has 202 valence electrons. The van der Waals surface area contributed by atoms with Crippen molar-refractivity contribution in [2.45, 2.75) is 58.2 Å². The largest absolute Gasteiger partial charge is 0.486 e. The van der Waals surface area contributed by atoms with Gasteiger partial charge in [0.05, 0.1) is 32.9 Å². The van der Waals surface area contributed by atoms with Gasteiger partial charge in [-0.2, -0.15) is 0 Å². The molecule has 6 nitrogen and oxygen atoms in total. The van der Waals surface area contributed by atoms with Crippen molar-refractivity contribution in [2.24, 2.45) is 5.41 Å². The number of methoxy groups -OCH3 is 2. The Morgan fingerprint density at radius 3 is 2.63 bits per heavy atom. The normalized spacial score (nSPS) is 17.2. The first-order valence-corrected chi connectivity index (χ1v) is 12.6. The van der Waals surface area contributed by atoms with E-state index in [4.69, 9.17) is 9.47 Å². The molecule has 2 aromatic carbocycles. The van der Waals surface area contributed by atoms with E-state index < -0.39 is 23.7 Å². The summed E-state index contributed by atoms with van der Waals surface area (Å²) in [5, 5.41) is 10.3. The quantitative estimate of drug-likeness (QED) is 0.321. The number of carbonyl (C=O) groups is 1. The average Bonchev–Trinajstić information content (AvgIpc) is 3.26. The number of halogens is 2. The predicted molar refractivity (Wildman–Crippen MR) is 139 cm³/mol. The molecule has 1 fully saturated rings. The number of aromatic nitrogens is 1. The van der Waals surface area contributed by atoms with Crippen LogP contribution >= 0.6 is 0 Å². The van der Waals surface area contributed by atoms with Gasteiger partial charge < -0.3 is 19.3 Å². The van der Waals surface area contributed by atoms with E-state index in [9.17, 15) is 14.3 Å². The highest BCUT2D eigenvalue weighted by Gasteiger charge is 2.37. The molecule has 0 saturated heterocycles. The molecule has 1 aliphatic carbocycles. The van der Waals surface area contributed by atoms with Gasteiger partial charge in [0.2, 0.25) is 5.88 Å². The lowest BCUT2D eigenvalue weighted by molar-refractivity contribution is -0.142. The Kier molecular flexibility index (Phi) is 8.31. The SMILES string of the molecule is COC(=O)C[C@@H](O)c1cccc(OCc2ccc(-c3cc(OC)ncc3F)c([C@H]3CCCC3(C)C)c2)c1F. The summed E-state index contributed by atoms with van der Waals surface area (Å²) in [5.74, 6) is -1.32. The monoisotopic (exact) mass is 525 g/mol. The first-order valence-electron chi connectivity index (χ1n) is 12.6. The summed E-state index contributed by atoms with van der Waals surface area (Å²) >= 11 is 0. The third kappa shape index (κ3) is 5.80. The molecule has 3 aromatic rings. The summed E-state index contributed by atoms with van der Waals surface area (Å²) in [7, 11) is 2.70. The first kappa shape index (κ1) is 27.5. The van der Waals surface area contributed by atoms with Crippen molar-refractivity contribution in [1.29, 1.82) is 0 Å². The van der Waals surface area contributed by atoms with E-state index in [2.05, 4.69) is 23.6 Å². The van der Waals surface area contributed by atoms with Crippen LogP contribution in [-0.2, 0) is 16.1 Å². The topological polar surface area (TPSA) is 77.9 Å². The van der Waals surface area contributed by atoms with Crippen LogP contribution in [0.4, 0.5) is 8.78 Å². The van der Waals surface area contributed by atoms with Gasteiger partial charge in [-0.15, -0.1) is 0 Å². The van der Waals surface area contributed by atoms with Crippen LogP contribution in [0.2, 0.25) is 0 Å². The second-order valence-electron chi connectivity index (χ2n) is 10.3. The van der Waals surface area contributed by atoms with Crippen molar-refractivity contribution in [3.8, 4) is 22.8 Å². The molecule has 0 unspecified atom stereocenters. The molecular formula is C30H33F2NO5. The van der Waals surface area contributed by atoms with E-state index in [1.807, 2.05) is 18.2 Å². The van der Waals surface area contributed by atoms with Gasteiger partial charge in [0.25, 0.3) is 0 Å². The standard InChI is InChI=1S/C30H33F2NO5/c1-30(2)12-6-8-23(30)21-13-18(10-11-19(21)22-14-27(36-3)33-16-24(22)31)17-38-26-9-5-7-20(29(26)32)25(34)15-28(35)37-4/h5,7,9-11,13-14,16,23,25,34H,6,8,12,15,17H2,1-4H3/t23-,25-/m1/s1. The van der Waals surface area contributed by atoms with E-state index in [1.165, 1.54) is 32.5 Å². The van der Waals surface area contributed by atoms with Crippen LogP contribution in [0.5, 0.6) is 11.6 Å². The Labute approximate surface area is 221 Å². The number of rotatable bonds is 9. The highest BCUT2D eigenvalue weighted by atomic mass is 19.1. The summed E-state index contributed by atoms with van der Waals surface area (Å²) in [5.41, 5.74) is 2.97. The van der Waals surface area contributed by atoms with Crippen molar-refractivity contribution in [3.63, 3.8) is 0 Å². The Hall–Kier alpha value is -3.52. The summed E-state index contributed by atoms with van der Waals surface area (Å²) in [6.45, 7) is 4.51. The molecule has 0 bridgehead atoms. The number of nitrogens with zero attached hydrogens (tertiary/aromatic N) is 1. The Morgan fingerprint density at radius 2 is 1.95 bits per heavy atom. The van der Waals surface area contributed by atoms with Crippen LogP contribution in [-0.4, -0.2) is 30.3 Å². The number of carbonyl (C=O) groups excluding carboxylic acids is 1. The maximum Gasteiger partial charge on any atom is 0.308 e. The molecule has 1 saturated carbocycles. The summed E-state index contributed by atoms with van der Waals surface area (Å²) in [6.07, 6.45) is 2.56. The highest BCUT2D eigenvalue weighted by Crippen LogP contribution is 2.51. The van der Waals surface area contributed by atoms with Crippen LogP contribution < -0.4 is 9.47 Å². The van der Waals surface area contributed by atoms with Gasteiger partial charge in [-0.25, -0.2) is 13.8 Å². The van der Waals surface area contributed by atoms with Crippen LogP contribution in [0.3, 0.4) is 0 Å². The van der Waals surface area contributed by atoms with Gasteiger partial charge in [0, 0.05) is 17.2 Å². The molecule has 4 rings (SSSR count). The van der Waals surface area contributed by atoms with E-state index in [0.29, 0.717) is 11.4 Å². The number of hydrogen-bond donors (Lipinski definition) is 1. The number of pyridine rings is 1. The molecule has 0 radical (unpaired) electrons. The van der Waals surface area contributed by atoms with E-state index in [1.54, 1.807) is 12.1 Å².